The van der Waals surface area contributed by atoms with Crippen LogP contribution in [-0.4, -0.2) is 44.3 Å². The summed E-state index contributed by atoms with van der Waals surface area (Å²) in [6.07, 6.45) is 1.77. The molecule has 0 saturated carbocycles. The number of carbonyl (C=O) groups is 2. The normalized spacial score (nSPS) is 13.3. The number of carbonyl (C=O) groups excluding carboxylic acids is 2. The molecule has 0 unspecified atom stereocenters. The van der Waals surface area contributed by atoms with Crippen molar-refractivity contribution in [3.63, 3.8) is 0 Å². The molecule has 1 aliphatic rings. The molecule has 1 aromatic carbocycles. The zero-order valence-electron chi connectivity index (χ0n) is 14.6. The Hall–Kier alpha value is -2.91. The van der Waals surface area contributed by atoms with Crippen molar-refractivity contribution in [1.29, 1.82) is 0 Å². The van der Waals surface area contributed by atoms with E-state index in [4.69, 9.17) is 11.6 Å². The number of rotatable bonds is 5. The quantitative estimate of drug-likeness (QED) is 0.665. The predicted molar refractivity (Wildman–Crippen MR) is 107 cm³/mol. The fourth-order valence-corrected chi connectivity index (χ4v) is 3.98. The molecule has 2 amide bonds. The highest BCUT2D eigenvalue weighted by Crippen LogP contribution is 2.37. The maximum absolute atomic E-state index is 12.3. The van der Waals surface area contributed by atoms with E-state index in [9.17, 15) is 9.59 Å². The summed E-state index contributed by atoms with van der Waals surface area (Å²) in [5.41, 5.74) is 1.40. The molecule has 0 saturated heterocycles. The topological polar surface area (TPSA) is 104 Å². The van der Waals surface area contributed by atoms with Gasteiger partial charge in [-0.1, -0.05) is 17.7 Å². The monoisotopic (exact) mass is 414 g/mol. The zero-order valence-corrected chi connectivity index (χ0v) is 16.1. The number of amides is 2. The zero-order chi connectivity index (χ0) is 19.5. The Balaban J connectivity index is 1.39. The van der Waals surface area contributed by atoms with Gasteiger partial charge in [0.05, 0.1) is 11.4 Å². The number of hydrogen-bond acceptors (Lipinski definition) is 6. The summed E-state index contributed by atoms with van der Waals surface area (Å²) in [6, 6.07) is 10.8. The number of nitrogens with zero attached hydrogens (tertiary/aromatic N) is 4. The van der Waals surface area contributed by atoms with Gasteiger partial charge < -0.3 is 9.88 Å². The molecule has 8 nitrogen and oxygen atoms in total. The number of hydrogen-bond donors (Lipinski definition) is 2. The van der Waals surface area contributed by atoms with E-state index in [1.165, 1.54) is 11.8 Å². The summed E-state index contributed by atoms with van der Waals surface area (Å²) in [5.74, 6) is 0.711. The van der Waals surface area contributed by atoms with Gasteiger partial charge >= 0.3 is 0 Å². The smallest absolute Gasteiger partial charge is 0.237 e. The average molecular weight is 415 g/mol. The van der Waals surface area contributed by atoms with Crippen LogP contribution in [0.2, 0.25) is 5.02 Å². The molecule has 0 aliphatic carbocycles. The molecular weight excluding hydrogens is 400 g/mol. The highest BCUT2D eigenvalue weighted by Gasteiger charge is 2.25. The van der Waals surface area contributed by atoms with Gasteiger partial charge in [0.2, 0.25) is 17.8 Å². The number of nitrogens with one attached hydrogen (secondary N) is 2. The van der Waals surface area contributed by atoms with Crippen molar-refractivity contribution in [2.75, 3.05) is 22.5 Å². The molecule has 0 spiro atoms. The first-order valence-electron chi connectivity index (χ1n) is 8.47. The second kappa shape index (κ2) is 7.99. The third-order valence-electron chi connectivity index (χ3n) is 4.08. The second-order valence-electron chi connectivity index (χ2n) is 5.98. The van der Waals surface area contributed by atoms with E-state index in [1.54, 1.807) is 35.4 Å². The SMILES string of the molecule is O=C(CCN1C(=O)CSc2cc(Cl)ccc21)Nc1nnc(-c2ccccn2)[nH]1. The van der Waals surface area contributed by atoms with E-state index >= 15 is 0 Å². The van der Waals surface area contributed by atoms with Crippen LogP contribution in [0.5, 0.6) is 0 Å². The van der Waals surface area contributed by atoms with Gasteiger partial charge in [-0.15, -0.1) is 22.0 Å². The Labute approximate surface area is 169 Å². The molecule has 2 aromatic heterocycles. The molecule has 3 aromatic rings. The van der Waals surface area contributed by atoms with Crippen LogP contribution in [-0.2, 0) is 9.59 Å². The van der Waals surface area contributed by atoms with Crippen molar-refractivity contribution in [3.05, 3.63) is 47.6 Å². The highest BCUT2D eigenvalue weighted by atomic mass is 35.5. The lowest BCUT2D eigenvalue weighted by Gasteiger charge is -2.28. The summed E-state index contributed by atoms with van der Waals surface area (Å²) in [4.78, 5) is 34.2. The molecule has 4 rings (SSSR count). The Kier molecular flexibility index (Phi) is 5.27. The third kappa shape index (κ3) is 4.00. The maximum atomic E-state index is 12.3. The van der Waals surface area contributed by atoms with Crippen molar-refractivity contribution < 1.29 is 9.59 Å². The lowest BCUT2D eigenvalue weighted by atomic mass is 10.2. The molecule has 10 heteroatoms. The van der Waals surface area contributed by atoms with Crippen LogP contribution in [0, 0.1) is 0 Å². The number of fused-ring (bicyclic) bond motifs is 1. The number of aromatic nitrogens is 4. The van der Waals surface area contributed by atoms with Crippen LogP contribution in [0.3, 0.4) is 0 Å². The summed E-state index contributed by atoms with van der Waals surface area (Å²) in [7, 11) is 0. The molecule has 2 N–H and O–H groups in total. The van der Waals surface area contributed by atoms with Gasteiger partial charge in [-0.3, -0.25) is 19.9 Å². The molecule has 0 bridgehead atoms. The van der Waals surface area contributed by atoms with E-state index in [0.29, 0.717) is 22.3 Å². The van der Waals surface area contributed by atoms with E-state index < -0.39 is 0 Å². The Morgan fingerprint density at radius 3 is 3.00 bits per heavy atom. The molecule has 1 aliphatic heterocycles. The van der Waals surface area contributed by atoms with Crippen molar-refractivity contribution in [1.82, 2.24) is 20.2 Å². The first-order chi connectivity index (χ1) is 13.6. The van der Waals surface area contributed by atoms with Crippen LogP contribution in [0.15, 0.2) is 47.5 Å². The number of thioether (sulfide) groups is 1. The number of anilines is 2. The molecule has 3 heterocycles. The lowest BCUT2D eigenvalue weighted by Crippen LogP contribution is -2.37. The van der Waals surface area contributed by atoms with Crippen LogP contribution >= 0.6 is 23.4 Å². The van der Waals surface area contributed by atoms with Gasteiger partial charge in [0.1, 0.15) is 5.69 Å². The van der Waals surface area contributed by atoms with Crippen LogP contribution in [0.1, 0.15) is 6.42 Å². The third-order valence-corrected chi connectivity index (χ3v) is 5.34. The van der Waals surface area contributed by atoms with Crippen molar-refractivity contribution in [3.8, 4) is 11.5 Å². The predicted octanol–water partition coefficient (Wildman–Crippen LogP) is 2.99. The van der Waals surface area contributed by atoms with Crippen LogP contribution in [0.25, 0.3) is 11.5 Å². The Bertz CT molecular complexity index is 1030. The minimum atomic E-state index is -0.273. The van der Waals surface area contributed by atoms with Gasteiger partial charge in [-0.2, -0.15) is 0 Å². The summed E-state index contributed by atoms with van der Waals surface area (Å²) in [6.45, 7) is 0.265. The standard InChI is InChI=1S/C18H15ClN6O2S/c19-11-4-5-13-14(9-11)28-10-16(27)25(13)8-6-15(26)21-18-22-17(23-24-18)12-3-1-2-7-20-12/h1-5,7,9H,6,8,10H2,(H2,21,22,23,24,26). The van der Waals surface area contributed by atoms with Gasteiger partial charge in [0.25, 0.3) is 0 Å². The van der Waals surface area contributed by atoms with Gasteiger partial charge in [0.15, 0.2) is 5.82 Å². The van der Waals surface area contributed by atoms with E-state index in [-0.39, 0.29) is 30.7 Å². The Morgan fingerprint density at radius 2 is 2.18 bits per heavy atom. The average Bonchev–Trinajstić information content (AvgIpc) is 3.16. The van der Waals surface area contributed by atoms with E-state index in [0.717, 1.165) is 10.6 Å². The molecular formula is C18H15ClN6O2S. The summed E-state index contributed by atoms with van der Waals surface area (Å²) < 4.78 is 0. The van der Waals surface area contributed by atoms with Crippen molar-refractivity contribution in [2.45, 2.75) is 11.3 Å². The number of benzene rings is 1. The minimum Gasteiger partial charge on any atom is -0.310 e. The molecule has 0 atom stereocenters. The number of halogens is 1. The minimum absolute atomic E-state index is 0.0373. The van der Waals surface area contributed by atoms with E-state index in [2.05, 4.69) is 25.5 Å². The lowest BCUT2D eigenvalue weighted by molar-refractivity contribution is -0.117. The van der Waals surface area contributed by atoms with E-state index in [1.807, 2.05) is 12.1 Å². The van der Waals surface area contributed by atoms with Gasteiger partial charge in [-0.05, 0) is 30.3 Å². The summed E-state index contributed by atoms with van der Waals surface area (Å²) in [5, 5.41) is 11.2. The van der Waals surface area contributed by atoms with Crippen molar-refractivity contribution >= 4 is 46.8 Å². The fourth-order valence-electron chi connectivity index (χ4n) is 2.77. The van der Waals surface area contributed by atoms with Gasteiger partial charge in [0, 0.05) is 29.1 Å². The first kappa shape index (κ1) is 18.5. The fraction of sp³-hybridized carbons (Fsp3) is 0.167. The molecule has 0 fully saturated rings. The molecule has 0 radical (unpaired) electrons. The van der Waals surface area contributed by atoms with Crippen LogP contribution < -0.4 is 10.2 Å². The van der Waals surface area contributed by atoms with Crippen molar-refractivity contribution in [2.24, 2.45) is 0 Å². The first-order valence-corrected chi connectivity index (χ1v) is 9.83. The number of H-pyrrole nitrogens is 1. The maximum Gasteiger partial charge on any atom is 0.237 e. The molecule has 142 valence electrons. The summed E-state index contributed by atoms with van der Waals surface area (Å²) >= 11 is 7.47. The van der Waals surface area contributed by atoms with Gasteiger partial charge in [-0.25, -0.2) is 0 Å². The number of pyridine rings is 1. The highest BCUT2D eigenvalue weighted by molar-refractivity contribution is 8.00. The van der Waals surface area contributed by atoms with Crippen LogP contribution in [0.4, 0.5) is 11.6 Å². The largest absolute Gasteiger partial charge is 0.310 e. The second-order valence-corrected chi connectivity index (χ2v) is 7.44. The number of aromatic amines is 1. The Morgan fingerprint density at radius 1 is 1.29 bits per heavy atom. The molecule has 28 heavy (non-hydrogen) atoms.